The van der Waals surface area contributed by atoms with E-state index in [1.54, 1.807) is 12.1 Å². The van der Waals surface area contributed by atoms with Crippen LogP contribution in [-0.2, 0) is 11.0 Å². The molecule has 1 amide bonds. The topological polar surface area (TPSA) is 45.2 Å². The summed E-state index contributed by atoms with van der Waals surface area (Å²) in [5.41, 5.74) is -0.406. The zero-order valence-electron chi connectivity index (χ0n) is 13.8. The standard InChI is InChI=1S/C18H13F4N3OS/c19-13-5-2-6-14-15(13)24-17(27-14)25-8-10(9-25)16(26)23-12-4-1-3-11(7-12)18(20,21)22/h1-7,10H,8-9H2,(H,23,26). The predicted octanol–water partition coefficient (Wildman–Crippen LogP) is 4.53. The third-order valence-corrected chi connectivity index (χ3v) is 5.42. The number of nitrogens with one attached hydrogen (secondary N) is 1. The van der Waals surface area contributed by atoms with Crippen molar-refractivity contribution in [1.82, 2.24) is 4.98 Å². The summed E-state index contributed by atoms with van der Waals surface area (Å²) >= 11 is 1.34. The highest BCUT2D eigenvalue weighted by Gasteiger charge is 2.35. The molecule has 0 unspecified atom stereocenters. The third-order valence-electron chi connectivity index (χ3n) is 4.34. The Hall–Kier alpha value is -2.68. The van der Waals surface area contributed by atoms with Gasteiger partial charge >= 0.3 is 6.18 Å². The molecule has 0 saturated carbocycles. The largest absolute Gasteiger partial charge is 0.416 e. The highest BCUT2D eigenvalue weighted by atomic mass is 32.1. The first kappa shape index (κ1) is 17.7. The summed E-state index contributed by atoms with van der Waals surface area (Å²) in [4.78, 5) is 18.4. The van der Waals surface area contributed by atoms with Crippen molar-refractivity contribution in [1.29, 1.82) is 0 Å². The number of anilines is 2. The van der Waals surface area contributed by atoms with Crippen molar-refractivity contribution in [2.75, 3.05) is 23.3 Å². The van der Waals surface area contributed by atoms with Crippen LogP contribution in [0.1, 0.15) is 5.56 Å². The number of carbonyl (C=O) groups excluding carboxylic acids is 1. The number of alkyl halides is 3. The summed E-state index contributed by atoms with van der Waals surface area (Å²) in [6, 6.07) is 9.25. The Balaban J connectivity index is 1.40. The van der Waals surface area contributed by atoms with Gasteiger partial charge in [0.2, 0.25) is 5.91 Å². The van der Waals surface area contributed by atoms with Crippen LogP contribution in [0.3, 0.4) is 0 Å². The summed E-state index contributed by atoms with van der Waals surface area (Å²) in [7, 11) is 0. The highest BCUT2D eigenvalue weighted by molar-refractivity contribution is 7.22. The van der Waals surface area contributed by atoms with Crippen LogP contribution in [0.2, 0.25) is 0 Å². The Kier molecular flexibility index (Phi) is 4.26. The molecule has 4 nitrogen and oxygen atoms in total. The van der Waals surface area contributed by atoms with E-state index in [1.807, 2.05) is 4.90 Å². The molecular formula is C18H13F4N3OS. The number of aromatic nitrogens is 1. The monoisotopic (exact) mass is 395 g/mol. The molecule has 27 heavy (non-hydrogen) atoms. The quantitative estimate of drug-likeness (QED) is 0.663. The molecule has 0 bridgehead atoms. The van der Waals surface area contributed by atoms with E-state index in [0.717, 1.165) is 16.8 Å². The number of amides is 1. The summed E-state index contributed by atoms with van der Waals surface area (Å²) in [5, 5.41) is 3.14. The second-order valence-corrected chi connectivity index (χ2v) is 7.26. The average Bonchev–Trinajstić information content (AvgIpc) is 2.98. The molecule has 1 aliphatic heterocycles. The van der Waals surface area contributed by atoms with E-state index in [1.165, 1.54) is 29.5 Å². The molecule has 0 spiro atoms. The van der Waals surface area contributed by atoms with E-state index in [4.69, 9.17) is 0 Å². The fourth-order valence-electron chi connectivity index (χ4n) is 2.86. The van der Waals surface area contributed by atoms with Gasteiger partial charge in [0.05, 0.1) is 16.2 Å². The van der Waals surface area contributed by atoms with Gasteiger partial charge in [-0.25, -0.2) is 9.37 Å². The molecule has 1 aliphatic rings. The number of halogens is 4. The van der Waals surface area contributed by atoms with Gasteiger partial charge in [-0.15, -0.1) is 0 Å². The predicted molar refractivity (Wildman–Crippen MR) is 95.4 cm³/mol. The molecule has 1 saturated heterocycles. The maximum Gasteiger partial charge on any atom is 0.416 e. The molecule has 1 fully saturated rings. The molecule has 2 heterocycles. The van der Waals surface area contributed by atoms with Crippen LogP contribution >= 0.6 is 11.3 Å². The Morgan fingerprint density at radius 2 is 1.93 bits per heavy atom. The lowest BCUT2D eigenvalue weighted by Gasteiger charge is -2.37. The van der Waals surface area contributed by atoms with Gasteiger partial charge < -0.3 is 10.2 Å². The van der Waals surface area contributed by atoms with Gasteiger partial charge in [-0.3, -0.25) is 4.79 Å². The summed E-state index contributed by atoms with van der Waals surface area (Å²) < 4.78 is 52.7. The number of hydrogen-bond donors (Lipinski definition) is 1. The Morgan fingerprint density at radius 1 is 1.19 bits per heavy atom. The van der Waals surface area contributed by atoms with E-state index in [2.05, 4.69) is 10.3 Å². The fraction of sp³-hybridized carbons (Fsp3) is 0.222. The summed E-state index contributed by atoms with van der Waals surface area (Å²) in [5.74, 6) is -1.11. The van der Waals surface area contributed by atoms with Crippen molar-refractivity contribution in [3.05, 3.63) is 53.8 Å². The van der Waals surface area contributed by atoms with Crippen LogP contribution in [0.5, 0.6) is 0 Å². The molecule has 1 N–H and O–H groups in total. The Labute approximate surface area is 155 Å². The van der Waals surface area contributed by atoms with Gasteiger partial charge in [0.1, 0.15) is 11.3 Å². The van der Waals surface area contributed by atoms with Gasteiger partial charge in [-0.05, 0) is 30.3 Å². The van der Waals surface area contributed by atoms with Gasteiger partial charge in [-0.1, -0.05) is 23.5 Å². The molecule has 0 aliphatic carbocycles. The SMILES string of the molecule is O=C(Nc1cccc(C(F)(F)F)c1)C1CN(c2nc3c(F)cccc3s2)C1. The van der Waals surface area contributed by atoms with Crippen molar-refractivity contribution in [3.8, 4) is 0 Å². The third kappa shape index (κ3) is 3.46. The molecule has 2 aromatic carbocycles. The zero-order chi connectivity index (χ0) is 19.2. The van der Waals surface area contributed by atoms with Crippen molar-refractivity contribution in [2.24, 2.45) is 5.92 Å². The van der Waals surface area contributed by atoms with Crippen LogP contribution in [0.4, 0.5) is 28.4 Å². The minimum absolute atomic E-state index is 0.107. The van der Waals surface area contributed by atoms with Gasteiger partial charge in [0.25, 0.3) is 0 Å². The van der Waals surface area contributed by atoms with E-state index >= 15 is 0 Å². The number of rotatable bonds is 3. The molecule has 1 aromatic heterocycles. The number of benzene rings is 2. The molecular weight excluding hydrogens is 382 g/mol. The lowest BCUT2D eigenvalue weighted by atomic mass is 10.00. The summed E-state index contributed by atoms with van der Waals surface area (Å²) in [6.45, 7) is 0.762. The minimum atomic E-state index is -4.46. The van der Waals surface area contributed by atoms with Crippen molar-refractivity contribution >= 4 is 38.3 Å². The number of fused-ring (bicyclic) bond motifs is 1. The first-order valence-electron chi connectivity index (χ1n) is 8.09. The van der Waals surface area contributed by atoms with Crippen LogP contribution in [0, 0.1) is 11.7 Å². The lowest BCUT2D eigenvalue weighted by molar-refractivity contribution is -0.137. The smallest absolute Gasteiger partial charge is 0.346 e. The van der Waals surface area contributed by atoms with Gasteiger partial charge in [-0.2, -0.15) is 13.2 Å². The first-order chi connectivity index (χ1) is 12.8. The molecule has 140 valence electrons. The Bertz CT molecular complexity index is 1010. The van der Waals surface area contributed by atoms with Crippen molar-refractivity contribution < 1.29 is 22.4 Å². The second kappa shape index (κ2) is 6.49. The second-order valence-electron chi connectivity index (χ2n) is 6.25. The Morgan fingerprint density at radius 3 is 2.63 bits per heavy atom. The van der Waals surface area contributed by atoms with Crippen LogP contribution in [-0.4, -0.2) is 24.0 Å². The maximum absolute atomic E-state index is 13.7. The average molecular weight is 395 g/mol. The minimum Gasteiger partial charge on any atom is -0.346 e. The van der Waals surface area contributed by atoms with Crippen LogP contribution in [0.15, 0.2) is 42.5 Å². The summed E-state index contributed by atoms with van der Waals surface area (Å²) in [6.07, 6.45) is -4.46. The van der Waals surface area contributed by atoms with E-state index in [0.29, 0.717) is 23.7 Å². The molecule has 0 radical (unpaired) electrons. The van der Waals surface area contributed by atoms with Crippen molar-refractivity contribution in [3.63, 3.8) is 0 Å². The van der Waals surface area contributed by atoms with Gasteiger partial charge in [0, 0.05) is 18.8 Å². The van der Waals surface area contributed by atoms with E-state index < -0.39 is 17.6 Å². The maximum atomic E-state index is 13.7. The van der Waals surface area contributed by atoms with E-state index in [-0.39, 0.29) is 17.5 Å². The molecule has 0 atom stereocenters. The fourth-order valence-corrected chi connectivity index (χ4v) is 3.85. The molecule has 3 aromatic rings. The first-order valence-corrected chi connectivity index (χ1v) is 8.91. The molecule has 9 heteroatoms. The number of para-hydroxylation sites is 1. The zero-order valence-corrected chi connectivity index (χ0v) is 14.6. The van der Waals surface area contributed by atoms with Crippen molar-refractivity contribution in [2.45, 2.75) is 6.18 Å². The normalized spacial score (nSPS) is 15.0. The number of nitrogens with zero attached hydrogens (tertiary/aromatic N) is 2. The van der Waals surface area contributed by atoms with E-state index in [9.17, 15) is 22.4 Å². The highest BCUT2D eigenvalue weighted by Crippen LogP contribution is 2.34. The van der Waals surface area contributed by atoms with Crippen LogP contribution in [0.25, 0.3) is 10.2 Å². The van der Waals surface area contributed by atoms with Gasteiger partial charge in [0.15, 0.2) is 5.13 Å². The van der Waals surface area contributed by atoms with Crippen LogP contribution < -0.4 is 10.2 Å². The number of hydrogen-bond acceptors (Lipinski definition) is 4. The molecule has 4 rings (SSSR count). The lowest BCUT2D eigenvalue weighted by Crippen LogP contribution is -2.52. The number of thiazole rings is 1. The number of carbonyl (C=O) groups is 1.